The molecule has 32 heavy (non-hydrogen) atoms. The molecule has 1 saturated heterocycles. The maximum absolute atomic E-state index is 12.7. The van der Waals surface area contributed by atoms with Crippen molar-refractivity contribution in [1.82, 2.24) is 14.8 Å². The van der Waals surface area contributed by atoms with Crippen molar-refractivity contribution >= 4 is 16.7 Å². The Hall–Kier alpha value is -2.92. The minimum atomic E-state index is 0.221. The lowest BCUT2D eigenvalue weighted by atomic mass is 10.0. The van der Waals surface area contributed by atoms with E-state index in [9.17, 15) is 4.79 Å². The smallest absolute Gasteiger partial charge is 0.222 e. The van der Waals surface area contributed by atoms with Crippen LogP contribution in [0.1, 0.15) is 31.4 Å². The number of rotatable bonds is 9. The van der Waals surface area contributed by atoms with E-state index in [0.29, 0.717) is 19.1 Å². The fourth-order valence-corrected chi connectivity index (χ4v) is 4.46. The van der Waals surface area contributed by atoms with Gasteiger partial charge in [-0.15, -0.1) is 0 Å². The number of likely N-dealkylation sites (tertiary alicyclic amines) is 1. The van der Waals surface area contributed by atoms with Gasteiger partial charge in [-0.2, -0.15) is 0 Å². The minimum absolute atomic E-state index is 0.221. The average Bonchev–Trinajstić information content (AvgIpc) is 2.86. The normalized spacial score (nSPS) is 15.0. The summed E-state index contributed by atoms with van der Waals surface area (Å²) in [5.74, 6) is 1.11. The van der Waals surface area contributed by atoms with Gasteiger partial charge in [0.1, 0.15) is 5.75 Å². The zero-order chi connectivity index (χ0) is 22.2. The monoisotopic (exact) mass is 431 g/mol. The van der Waals surface area contributed by atoms with Crippen molar-refractivity contribution in [2.24, 2.45) is 0 Å². The maximum atomic E-state index is 12.7. The molecule has 3 aromatic rings. The number of hydrogen-bond donors (Lipinski definition) is 0. The molecule has 2 aromatic carbocycles. The highest BCUT2D eigenvalue weighted by Gasteiger charge is 2.25. The first-order valence-electron chi connectivity index (χ1n) is 11.7. The van der Waals surface area contributed by atoms with Crippen molar-refractivity contribution in [1.29, 1.82) is 0 Å². The van der Waals surface area contributed by atoms with E-state index in [0.717, 1.165) is 62.1 Å². The summed E-state index contributed by atoms with van der Waals surface area (Å²) in [5.41, 5.74) is 1.15. The van der Waals surface area contributed by atoms with E-state index in [1.165, 1.54) is 5.39 Å². The molecule has 0 spiro atoms. The summed E-state index contributed by atoms with van der Waals surface area (Å²) in [4.78, 5) is 21.6. The molecule has 5 heteroatoms. The molecule has 5 nitrogen and oxygen atoms in total. The molecule has 0 saturated carbocycles. The maximum Gasteiger partial charge on any atom is 0.222 e. The van der Waals surface area contributed by atoms with Gasteiger partial charge in [-0.05, 0) is 42.8 Å². The van der Waals surface area contributed by atoms with Crippen molar-refractivity contribution in [3.05, 3.63) is 72.6 Å². The molecule has 1 aromatic heterocycles. The van der Waals surface area contributed by atoms with Crippen LogP contribution in [0.15, 0.2) is 66.9 Å². The van der Waals surface area contributed by atoms with E-state index in [-0.39, 0.29) is 5.91 Å². The summed E-state index contributed by atoms with van der Waals surface area (Å²) >= 11 is 0. The number of aromatic nitrogens is 1. The summed E-state index contributed by atoms with van der Waals surface area (Å²) < 4.78 is 5.99. The van der Waals surface area contributed by atoms with E-state index in [4.69, 9.17) is 4.74 Å². The van der Waals surface area contributed by atoms with Crippen LogP contribution in [-0.2, 0) is 11.2 Å². The third-order valence-electron chi connectivity index (χ3n) is 6.45. The molecule has 1 amide bonds. The molecule has 1 fully saturated rings. The zero-order valence-corrected chi connectivity index (χ0v) is 19.0. The number of carbonyl (C=O) groups excluding carboxylic acids is 1. The van der Waals surface area contributed by atoms with Gasteiger partial charge in [0.15, 0.2) is 0 Å². The standard InChI is InChI=1S/C27H33N3O2/c1-29(24-15-19-30(20-16-24)18-14-23-10-4-5-17-28-23)27(31)13-7-21-32-26-12-6-9-22-8-2-3-11-25(22)26/h2-6,8-12,17,24H,7,13-16,18-21H2,1H3. The Balaban J connectivity index is 1.16. The number of fused-ring (bicyclic) bond motifs is 1. The third kappa shape index (κ3) is 5.86. The van der Waals surface area contributed by atoms with E-state index >= 15 is 0 Å². The van der Waals surface area contributed by atoms with Gasteiger partial charge in [-0.1, -0.05) is 42.5 Å². The van der Waals surface area contributed by atoms with Crippen LogP contribution in [0.5, 0.6) is 5.75 Å². The molecule has 4 rings (SSSR count). The van der Waals surface area contributed by atoms with Gasteiger partial charge in [-0.3, -0.25) is 9.78 Å². The molecule has 0 N–H and O–H groups in total. The summed E-state index contributed by atoms with van der Waals surface area (Å²) in [5, 5.41) is 2.29. The van der Waals surface area contributed by atoms with Gasteiger partial charge in [-0.25, -0.2) is 0 Å². The number of ether oxygens (including phenoxy) is 1. The van der Waals surface area contributed by atoms with E-state index in [2.05, 4.69) is 34.1 Å². The summed E-state index contributed by atoms with van der Waals surface area (Å²) in [6.07, 6.45) is 6.18. The summed E-state index contributed by atoms with van der Waals surface area (Å²) in [7, 11) is 1.96. The van der Waals surface area contributed by atoms with E-state index < -0.39 is 0 Å². The van der Waals surface area contributed by atoms with Crippen LogP contribution in [0, 0.1) is 0 Å². The van der Waals surface area contributed by atoms with Gasteiger partial charge in [0.05, 0.1) is 6.61 Å². The molecule has 1 aliphatic heterocycles. The van der Waals surface area contributed by atoms with Crippen molar-refractivity contribution in [2.45, 2.75) is 38.1 Å². The Morgan fingerprint density at radius 2 is 1.84 bits per heavy atom. The number of carbonyl (C=O) groups is 1. The number of amides is 1. The molecule has 0 aliphatic carbocycles. The molecule has 0 bridgehead atoms. The van der Waals surface area contributed by atoms with Crippen LogP contribution in [0.3, 0.4) is 0 Å². The van der Waals surface area contributed by atoms with Crippen LogP contribution in [0.25, 0.3) is 10.8 Å². The van der Waals surface area contributed by atoms with Crippen LogP contribution in [-0.4, -0.2) is 60.0 Å². The molecular weight excluding hydrogens is 398 g/mol. The summed E-state index contributed by atoms with van der Waals surface area (Å²) in [6.45, 7) is 3.67. The van der Waals surface area contributed by atoms with Crippen molar-refractivity contribution in [3.8, 4) is 5.75 Å². The van der Waals surface area contributed by atoms with Gasteiger partial charge in [0.25, 0.3) is 0 Å². The molecule has 1 aliphatic rings. The lowest BCUT2D eigenvalue weighted by molar-refractivity contribution is -0.133. The Morgan fingerprint density at radius 3 is 2.66 bits per heavy atom. The predicted molar refractivity (Wildman–Crippen MR) is 129 cm³/mol. The Bertz CT molecular complexity index is 995. The first-order chi connectivity index (χ1) is 15.7. The molecule has 0 radical (unpaired) electrons. The average molecular weight is 432 g/mol. The molecule has 168 valence electrons. The SMILES string of the molecule is CN(C(=O)CCCOc1cccc2ccccc12)C1CCN(CCc2ccccn2)CC1. The first kappa shape index (κ1) is 22.3. The number of piperidine rings is 1. The summed E-state index contributed by atoms with van der Waals surface area (Å²) in [6, 6.07) is 20.7. The lowest BCUT2D eigenvalue weighted by Crippen LogP contribution is -2.46. The largest absolute Gasteiger partial charge is 0.493 e. The van der Waals surface area contributed by atoms with Gasteiger partial charge in [0, 0.05) is 62.8 Å². The van der Waals surface area contributed by atoms with Crippen LogP contribution < -0.4 is 4.74 Å². The highest BCUT2D eigenvalue weighted by molar-refractivity contribution is 5.88. The molecule has 0 unspecified atom stereocenters. The predicted octanol–water partition coefficient (Wildman–Crippen LogP) is 4.56. The molecule has 0 atom stereocenters. The fraction of sp³-hybridized carbons (Fsp3) is 0.407. The van der Waals surface area contributed by atoms with Crippen molar-refractivity contribution < 1.29 is 9.53 Å². The second-order valence-corrected chi connectivity index (χ2v) is 8.58. The van der Waals surface area contributed by atoms with E-state index in [1.807, 2.05) is 54.5 Å². The molecule has 2 heterocycles. The van der Waals surface area contributed by atoms with Gasteiger partial charge < -0.3 is 14.5 Å². The topological polar surface area (TPSA) is 45.7 Å². The quantitative estimate of drug-likeness (QED) is 0.466. The minimum Gasteiger partial charge on any atom is -0.493 e. The van der Waals surface area contributed by atoms with Crippen molar-refractivity contribution in [3.63, 3.8) is 0 Å². The Labute approximate surface area is 191 Å². The lowest BCUT2D eigenvalue weighted by Gasteiger charge is -2.36. The zero-order valence-electron chi connectivity index (χ0n) is 19.0. The third-order valence-corrected chi connectivity index (χ3v) is 6.45. The molecular formula is C27H33N3O2. The number of hydrogen-bond acceptors (Lipinski definition) is 4. The number of pyridine rings is 1. The second kappa shape index (κ2) is 11.1. The Kier molecular flexibility index (Phi) is 7.73. The first-order valence-corrected chi connectivity index (χ1v) is 11.7. The van der Waals surface area contributed by atoms with E-state index in [1.54, 1.807) is 0 Å². The Morgan fingerprint density at radius 1 is 1.06 bits per heavy atom. The number of benzene rings is 2. The fourth-order valence-electron chi connectivity index (χ4n) is 4.46. The van der Waals surface area contributed by atoms with Gasteiger partial charge in [0.2, 0.25) is 5.91 Å². The highest BCUT2D eigenvalue weighted by Crippen LogP contribution is 2.25. The van der Waals surface area contributed by atoms with Crippen molar-refractivity contribution in [2.75, 3.05) is 33.3 Å². The van der Waals surface area contributed by atoms with Gasteiger partial charge >= 0.3 is 0 Å². The second-order valence-electron chi connectivity index (χ2n) is 8.58. The number of nitrogens with zero attached hydrogens (tertiary/aromatic N) is 3. The highest BCUT2D eigenvalue weighted by atomic mass is 16.5. The van der Waals surface area contributed by atoms with Crippen LogP contribution in [0.2, 0.25) is 0 Å². The van der Waals surface area contributed by atoms with Crippen LogP contribution >= 0.6 is 0 Å². The van der Waals surface area contributed by atoms with Crippen LogP contribution in [0.4, 0.5) is 0 Å².